The predicted octanol–water partition coefficient (Wildman–Crippen LogP) is 3.44. The number of nitrogens with one attached hydrogen (secondary N) is 2. The summed E-state index contributed by atoms with van der Waals surface area (Å²) >= 11 is 0. The van der Waals surface area contributed by atoms with Gasteiger partial charge in [0, 0.05) is 18.8 Å². The van der Waals surface area contributed by atoms with Crippen molar-refractivity contribution < 1.29 is 13.2 Å². The van der Waals surface area contributed by atoms with E-state index < -0.39 is 15.4 Å². The van der Waals surface area contributed by atoms with Crippen molar-refractivity contribution in [2.45, 2.75) is 50.6 Å². The van der Waals surface area contributed by atoms with Crippen molar-refractivity contribution in [2.75, 3.05) is 16.6 Å². The molecule has 2 aliphatic rings. The van der Waals surface area contributed by atoms with Crippen molar-refractivity contribution in [3.05, 3.63) is 53.1 Å². The first-order valence-corrected chi connectivity index (χ1v) is 11.0. The van der Waals surface area contributed by atoms with Gasteiger partial charge in [0.2, 0.25) is 5.91 Å². The SMILES string of the molecule is CCCN1Cc2cccc(NS(=O)(=O)c3ccc4c(c3)C(C)(C)C(=O)N4)c2C1. The molecule has 2 heterocycles. The topological polar surface area (TPSA) is 78.5 Å². The molecule has 4 rings (SSSR count). The second kappa shape index (κ2) is 6.60. The lowest BCUT2D eigenvalue weighted by Crippen LogP contribution is -2.27. The molecule has 1 amide bonds. The van der Waals surface area contributed by atoms with Crippen LogP contribution in [0.2, 0.25) is 0 Å². The summed E-state index contributed by atoms with van der Waals surface area (Å²) in [6, 6.07) is 10.6. The molecule has 6 nitrogen and oxygen atoms in total. The van der Waals surface area contributed by atoms with E-state index in [-0.39, 0.29) is 10.8 Å². The Bertz CT molecular complexity index is 1060. The summed E-state index contributed by atoms with van der Waals surface area (Å²) in [7, 11) is -3.76. The van der Waals surface area contributed by atoms with Crippen LogP contribution >= 0.6 is 0 Å². The van der Waals surface area contributed by atoms with Crippen molar-refractivity contribution in [3.8, 4) is 0 Å². The van der Waals surface area contributed by atoms with Gasteiger partial charge in [-0.3, -0.25) is 14.4 Å². The molecule has 2 N–H and O–H groups in total. The van der Waals surface area contributed by atoms with Gasteiger partial charge in [0.25, 0.3) is 10.0 Å². The summed E-state index contributed by atoms with van der Waals surface area (Å²) in [5, 5.41) is 2.81. The van der Waals surface area contributed by atoms with Crippen LogP contribution in [0.5, 0.6) is 0 Å². The van der Waals surface area contributed by atoms with E-state index in [1.807, 2.05) is 12.1 Å². The van der Waals surface area contributed by atoms with E-state index in [0.717, 1.165) is 31.6 Å². The van der Waals surface area contributed by atoms with Gasteiger partial charge < -0.3 is 5.32 Å². The predicted molar refractivity (Wildman–Crippen MR) is 110 cm³/mol. The number of carbonyl (C=O) groups is 1. The average molecular weight is 400 g/mol. The van der Waals surface area contributed by atoms with E-state index in [9.17, 15) is 13.2 Å². The highest BCUT2D eigenvalue weighted by molar-refractivity contribution is 7.92. The third-order valence-corrected chi connectivity index (χ3v) is 6.99. The van der Waals surface area contributed by atoms with Crippen molar-refractivity contribution in [2.24, 2.45) is 0 Å². The number of hydrogen-bond acceptors (Lipinski definition) is 4. The molecule has 2 aromatic carbocycles. The Hall–Kier alpha value is -2.38. The van der Waals surface area contributed by atoms with Crippen molar-refractivity contribution in [3.63, 3.8) is 0 Å². The Morgan fingerprint density at radius 3 is 2.71 bits per heavy atom. The summed E-state index contributed by atoms with van der Waals surface area (Å²) in [5.41, 5.74) is 3.45. The van der Waals surface area contributed by atoms with Crippen LogP contribution < -0.4 is 10.0 Å². The Labute approximate surface area is 166 Å². The fraction of sp³-hybridized carbons (Fsp3) is 0.381. The smallest absolute Gasteiger partial charge is 0.261 e. The number of rotatable bonds is 5. The third-order valence-electron chi connectivity index (χ3n) is 5.62. The van der Waals surface area contributed by atoms with E-state index in [1.165, 1.54) is 11.6 Å². The van der Waals surface area contributed by atoms with E-state index in [2.05, 4.69) is 27.9 Å². The van der Waals surface area contributed by atoms with Gasteiger partial charge in [-0.05, 0) is 67.8 Å². The lowest BCUT2D eigenvalue weighted by atomic mass is 9.86. The number of hydrogen-bond donors (Lipinski definition) is 2. The van der Waals surface area contributed by atoms with Crippen LogP contribution in [0.25, 0.3) is 0 Å². The molecule has 0 unspecified atom stereocenters. The Kier molecular flexibility index (Phi) is 4.47. The Morgan fingerprint density at radius 1 is 1.18 bits per heavy atom. The number of benzene rings is 2. The van der Waals surface area contributed by atoms with Crippen molar-refractivity contribution in [1.82, 2.24) is 4.90 Å². The molecule has 28 heavy (non-hydrogen) atoms. The molecule has 0 aliphatic carbocycles. The van der Waals surface area contributed by atoms with Gasteiger partial charge in [0.05, 0.1) is 16.0 Å². The van der Waals surface area contributed by atoms with E-state index in [0.29, 0.717) is 16.9 Å². The molecule has 2 aromatic rings. The van der Waals surface area contributed by atoms with Crippen LogP contribution in [0, 0.1) is 0 Å². The summed E-state index contributed by atoms with van der Waals surface area (Å²) in [4.78, 5) is 14.6. The minimum absolute atomic E-state index is 0.123. The highest BCUT2D eigenvalue weighted by atomic mass is 32.2. The van der Waals surface area contributed by atoms with Crippen molar-refractivity contribution >= 4 is 27.3 Å². The molecule has 0 saturated heterocycles. The lowest BCUT2D eigenvalue weighted by Gasteiger charge is -2.17. The molecule has 0 spiro atoms. The molecule has 7 heteroatoms. The number of fused-ring (bicyclic) bond motifs is 2. The van der Waals surface area contributed by atoms with Gasteiger partial charge in [-0.1, -0.05) is 19.1 Å². The summed E-state index contributed by atoms with van der Waals surface area (Å²) in [6.45, 7) is 8.31. The minimum Gasteiger partial charge on any atom is -0.325 e. The summed E-state index contributed by atoms with van der Waals surface area (Å²) < 4.78 is 28.9. The first kappa shape index (κ1) is 19.0. The van der Waals surface area contributed by atoms with E-state index in [4.69, 9.17) is 0 Å². The highest BCUT2D eigenvalue weighted by Gasteiger charge is 2.39. The molecule has 0 bridgehead atoms. The van der Waals surface area contributed by atoms with Crippen LogP contribution in [0.4, 0.5) is 11.4 Å². The van der Waals surface area contributed by atoms with E-state index >= 15 is 0 Å². The van der Waals surface area contributed by atoms with Crippen LogP contribution in [-0.4, -0.2) is 25.8 Å². The first-order valence-electron chi connectivity index (χ1n) is 9.54. The van der Waals surface area contributed by atoms with Gasteiger partial charge >= 0.3 is 0 Å². The van der Waals surface area contributed by atoms with Gasteiger partial charge in [-0.25, -0.2) is 8.42 Å². The third kappa shape index (κ3) is 3.08. The van der Waals surface area contributed by atoms with Crippen molar-refractivity contribution in [1.29, 1.82) is 0 Å². The maximum Gasteiger partial charge on any atom is 0.261 e. The second-order valence-electron chi connectivity index (χ2n) is 8.05. The highest BCUT2D eigenvalue weighted by Crippen LogP contribution is 2.39. The summed E-state index contributed by atoms with van der Waals surface area (Å²) in [5.74, 6) is -0.123. The van der Waals surface area contributed by atoms with Gasteiger partial charge in [0.1, 0.15) is 0 Å². The van der Waals surface area contributed by atoms with Crippen LogP contribution in [0.1, 0.15) is 43.9 Å². The van der Waals surface area contributed by atoms with Crippen LogP contribution in [0.15, 0.2) is 41.3 Å². The Balaban J connectivity index is 1.65. The fourth-order valence-corrected chi connectivity index (χ4v) is 5.10. The van der Waals surface area contributed by atoms with Gasteiger partial charge in [-0.15, -0.1) is 0 Å². The molecule has 0 fully saturated rings. The molecule has 0 radical (unpaired) electrons. The second-order valence-corrected chi connectivity index (χ2v) is 9.73. The lowest BCUT2D eigenvalue weighted by molar-refractivity contribution is -0.119. The first-order chi connectivity index (χ1) is 13.2. The zero-order valence-electron chi connectivity index (χ0n) is 16.4. The fourth-order valence-electron chi connectivity index (χ4n) is 3.98. The van der Waals surface area contributed by atoms with Gasteiger partial charge in [0.15, 0.2) is 0 Å². The van der Waals surface area contributed by atoms with E-state index in [1.54, 1.807) is 26.0 Å². The molecule has 0 atom stereocenters. The number of anilines is 2. The maximum absolute atomic E-state index is 13.1. The summed E-state index contributed by atoms with van der Waals surface area (Å²) in [6.07, 6.45) is 1.06. The standard InChI is InChI=1S/C21H25N3O3S/c1-4-10-24-12-14-6-5-7-18(16(14)13-24)23-28(26,27)15-8-9-19-17(11-15)21(2,3)20(25)22-19/h5-9,11,23H,4,10,12-13H2,1-3H3,(H,22,25). The average Bonchev–Trinajstić information content (AvgIpc) is 3.14. The normalized spacial score (nSPS) is 17.9. The number of amides is 1. The monoisotopic (exact) mass is 399 g/mol. The zero-order chi connectivity index (χ0) is 20.1. The quantitative estimate of drug-likeness (QED) is 0.807. The van der Waals surface area contributed by atoms with Crippen LogP contribution in [-0.2, 0) is 33.3 Å². The molecule has 0 aromatic heterocycles. The molecular formula is C21H25N3O3S. The Morgan fingerprint density at radius 2 is 1.96 bits per heavy atom. The molecule has 148 valence electrons. The maximum atomic E-state index is 13.1. The zero-order valence-corrected chi connectivity index (χ0v) is 17.2. The molecule has 2 aliphatic heterocycles. The number of sulfonamides is 1. The molecular weight excluding hydrogens is 374 g/mol. The minimum atomic E-state index is -3.76. The number of nitrogens with zero attached hydrogens (tertiary/aromatic N) is 1. The number of carbonyl (C=O) groups excluding carboxylic acids is 1. The van der Waals surface area contributed by atoms with Gasteiger partial charge in [-0.2, -0.15) is 0 Å². The van der Waals surface area contributed by atoms with Crippen LogP contribution in [0.3, 0.4) is 0 Å². The largest absolute Gasteiger partial charge is 0.325 e. The molecule has 0 saturated carbocycles.